The summed E-state index contributed by atoms with van der Waals surface area (Å²) in [7, 11) is 0. The van der Waals surface area contributed by atoms with Crippen LogP contribution in [0.4, 0.5) is 0 Å². The van der Waals surface area contributed by atoms with Crippen LogP contribution in [0, 0.1) is 0 Å². The zero-order valence-electron chi connectivity index (χ0n) is 13.4. The van der Waals surface area contributed by atoms with Gasteiger partial charge in [0.15, 0.2) is 0 Å². The van der Waals surface area contributed by atoms with E-state index in [0.717, 1.165) is 30.5 Å². The monoisotopic (exact) mass is 317 g/mol. The second-order valence-electron chi connectivity index (χ2n) is 6.11. The molecule has 24 heavy (non-hydrogen) atoms. The highest BCUT2D eigenvalue weighted by Gasteiger charge is 2.15. The van der Waals surface area contributed by atoms with Crippen LogP contribution in [-0.4, -0.2) is 28.0 Å². The molecule has 1 aliphatic rings. The molecule has 1 N–H and O–H groups in total. The number of nitrogens with zero attached hydrogens (tertiary/aromatic N) is 2. The summed E-state index contributed by atoms with van der Waals surface area (Å²) in [6.45, 7) is 2.37. The van der Waals surface area contributed by atoms with E-state index in [1.54, 1.807) is 0 Å². The number of aromatic amines is 1. The summed E-state index contributed by atoms with van der Waals surface area (Å²) in [6.07, 6.45) is 3.25. The van der Waals surface area contributed by atoms with Crippen LogP contribution in [-0.2, 0) is 6.54 Å². The third-order valence-corrected chi connectivity index (χ3v) is 4.48. The van der Waals surface area contributed by atoms with E-state index in [-0.39, 0.29) is 5.56 Å². The summed E-state index contributed by atoms with van der Waals surface area (Å²) >= 11 is 0. The minimum atomic E-state index is -0.0912. The van der Waals surface area contributed by atoms with Crippen molar-refractivity contribution in [2.45, 2.75) is 13.0 Å². The maximum absolute atomic E-state index is 12.2. The minimum Gasteiger partial charge on any atom is -0.319 e. The molecule has 120 valence electrons. The molecule has 0 fully saturated rings. The van der Waals surface area contributed by atoms with Crippen LogP contribution in [0.5, 0.6) is 0 Å². The SMILES string of the molecule is O=c1[nH]c2ccccc2nc1CN1CC=C(c2ccccc2)CC1. The van der Waals surface area contributed by atoms with Crippen molar-refractivity contribution in [2.24, 2.45) is 0 Å². The van der Waals surface area contributed by atoms with Crippen LogP contribution in [0.15, 0.2) is 65.5 Å². The summed E-state index contributed by atoms with van der Waals surface area (Å²) in [5.74, 6) is 0. The zero-order chi connectivity index (χ0) is 16.4. The molecule has 0 amide bonds. The number of hydrogen-bond acceptors (Lipinski definition) is 3. The molecule has 0 saturated heterocycles. The van der Waals surface area contributed by atoms with E-state index in [1.165, 1.54) is 11.1 Å². The van der Waals surface area contributed by atoms with Crippen LogP contribution >= 0.6 is 0 Å². The van der Waals surface area contributed by atoms with Gasteiger partial charge >= 0.3 is 0 Å². The van der Waals surface area contributed by atoms with Gasteiger partial charge in [0.25, 0.3) is 5.56 Å². The number of para-hydroxylation sites is 2. The molecule has 0 bridgehead atoms. The average molecular weight is 317 g/mol. The van der Waals surface area contributed by atoms with Gasteiger partial charge in [-0.15, -0.1) is 0 Å². The van der Waals surface area contributed by atoms with E-state index in [0.29, 0.717) is 12.2 Å². The smallest absolute Gasteiger partial charge is 0.271 e. The summed E-state index contributed by atoms with van der Waals surface area (Å²) in [5, 5.41) is 0. The van der Waals surface area contributed by atoms with Crippen LogP contribution in [0.2, 0.25) is 0 Å². The van der Waals surface area contributed by atoms with Crippen molar-refractivity contribution >= 4 is 16.6 Å². The molecule has 2 aromatic carbocycles. The van der Waals surface area contributed by atoms with Crippen molar-refractivity contribution in [3.8, 4) is 0 Å². The van der Waals surface area contributed by atoms with Gasteiger partial charge in [-0.2, -0.15) is 0 Å². The Hall–Kier alpha value is -2.72. The lowest BCUT2D eigenvalue weighted by molar-refractivity contribution is 0.289. The Morgan fingerprint density at radius 2 is 1.83 bits per heavy atom. The lowest BCUT2D eigenvalue weighted by atomic mass is 9.99. The second kappa shape index (κ2) is 6.42. The molecule has 0 atom stereocenters. The van der Waals surface area contributed by atoms with Gasteiger partial charge in [0.2, 0.25) is 0 Å². The van der Waals surface area contributed by atoms with Gasteiger partial charge in [-0.25, -0.2) is 4.98 Å². The van der Waals surface area contributed by atoms with Crippen LogP contribution in [0.3, 0.4) is 0 Å². The number of aromatic nitrogens is 2. The number of fused-ring (bicyclic) bond motifs is 1. The summed E-state index contributed by atoms with van der Waals surface area (Å²) in [4.78, 5) is 22.0. The van der Waals surface area contributed by atoms with Crippen molar-refractivity contribution < 1.29 is 0 Å². The molecule has 4 nitrogen and oxygen atoms in total. The first-order valence-electron chi connectivity index (χ1n) is 8.24. The first-order chi connectivity index (χ1) is 11.8. The van der Waals surface area contributed by atoms with Crippen LogP contribution < -0.4 is 5.56 Å². The molecule has 2 heterocycles. The number of nitrogens with one attached hydrogen (secondary N) is 1. The van der Waals surface area contributed by atoms with Gasteiger partial charge in [-0.1, -0.05) is 48.5 Å². The molecule has 3 aromatic rings. The highest BCUT2D eigenvalue weighted by atomic mass is 16.1. The van der Waals surface area contributed by atoms with Crippen molar-refractivity contribution in [1.29, 1.82) is 0 Å². The Morgan fingerprint density at radius 3 is 2.62 bits per heavy atom. The van der Waals surface area contributed by atoms with Gasteiger partial charge < -0.3 is 4.98 Å². The number of H-pyrrole nitrogens is 1. The quantitative estimate of drug-likeness (QED) is 0.807. The van der Waals surface area contributed by atoms with Crippen molar-refractivity contribution in [1.82, 2.24) is 14.9 Å². The molecular weight excluding hydrogens is 298 g/mol. The van der Waals surface area contributed by atoms with Crippen molar-refractivity contribution in [2.75, 3.05) is 13.1 Å². The molecule has 0 spiro atoms. The predicted molar refractivity (Wildman–Crippen MR) is 96.7 cm³/mol. The standard InChI is InChI=1S/C20H19N3O/c24-20-19(21-17-8-4-5-9-18(17)22-20)14-23-12-10-16(11-13-23)15-6-2-1-3-7-15/h1-10H,11-14H2,(H,22,24). The minimum absolute atomic E-state index is 0.0912. The summed E-state index contributed by atoms with van der Waals surface area (Å²) in [5.41, 5.74) is 4.80. The number of benzene rings is 2. The first kappa shape index (κ1) is 14.8. The molecule has 0 saturated carbocycles. The fourth-order valence-electron chi connectivity index (χ4n) is 3.16. The van der Waals surface area contributed by atoms with E-state index >= 15 is 0 Å². The molecule has 0 radical (unpaired) electrons. The third-order valence-electron chi connectivity index (χ3n) is 4.48. The summed E-state index contributed by atoms with van der Waals surface area (Å²) in [6, 6.07) is 18.1. The molecule has 4 rings (SSSR count). The molecule has 0 unspecified atom stereocenters. The average Bonchev–Trinajstić information content (AvgIpc) is 2.64. The topological polar surface area (TPSA) is 49.0 Å². The van der Waals surface area contributed by atoms with E-state index in [2.05, 4.69) is 45.2 Å². The second-order valence-corrected chi connectivity index (χ2v) is 6.11. The third kappa shape index (κ3) is 3.01. The molecule has 1 aromatic heterocycles. The van der Waals surface area contributed by atoms with Crippen LogP contribution in [0.1, 0.15) is 17.7 Å². The maximum atomic E-state index is 12.2. The van der Waals surface area contributed by atoms with Crippen molar-refractivity contribution in [3.63, 3.8) is 0 Å². The number of rotatable bonds is 3. The highest BCUT2D eigenvalue weighted by molar-refractivity contribution is 5.73. The van der Waals surface area contributed by atoms with E-state index in [9.17, 15) is 4.79 Å². The first-order valence-corrected chi connectivity index (χ1v) is 8.24. The van der Waals surface area contributed by atoms with Gasteiger partial charge in [0.1, 0.15) is 5.69 Å². The highest BCUT2D eigenvalue weighted by Crippen LogP contribution is 2.22. The van der Waals surface area contributed by atoms with Crippen molar-refractivity contribution in [3.05, 3.63) is 82.3 Å². The Morgan fingerprint density at radius 1 is 1.04 bits per heavy atom. The Bertz CT molecular complexity index is 944. The molecule has 0 aliphatic carbocycles. The molecular formula is C20H19N3O. The summed E-state index contributed by atoms with van der Waals surface area (Å²) < 4.78 is 0. The van der Waals surface area contributed by atoms with Gasteiger partial charge in [0, 0.05) is 19.6 Å². The van der Waals surface area contributed by atoms with E-state index < -0.39 is 0 Å². The lowest BCUT2D eigenvalue weighted by Crippen LogP contribution is -2.31. The van der Waals surface area contributed by atoms with Gasteiger partial charge in [-0.3, -0.25) is 9.69 Å². The largest absolute Gasteiger partial charge is 0.319 e. The predicted octanol–water partition coefficient (Wildman–Crippen LogP) is 3.21. The maximum Gasteiger partial charge on any atom is 0.271 e. The van der Waals surface area contributed by atoms with Crippen LogP contribution in [0.25, 0.3) is 16.6 Å². The Labute approximate surface area is 140 Å². The van der Waals surface area contributed by atoms with E-state index in [1.807, 2.05) is 30.3 Å². The molecule has 4 heteroatoms. The molecule has 1 aliphatic heterocycles. The van der Waals surface area contributed by atoms with Gasteiger partial charge in [-0.05, 0) is 29.7 Å². The lowest BCUT2D eigenvalue weighted by Gasteiger charge is -2.25. The fraction of sp³-hybridized carbons (Fsp3) is 0.200. The fourth-order valence-corrected chi connectivity index (χ4v) is 3.16. The number of hydrogen-bond donors (Lipinski definition) is 1. The normalized spacial score (nSPS) is 15.4. The zero-order valence-corrected chi connectivity index (χ0v) is 13.4. The Kier molecular flexibility index (Phi) is 3.97. The Balaban J connectivity index is 1.52. The van der Waals surface area contributed by atoms with E-state index in [4.69, 9.17) is 0 Å². The van der Waals surface area contributed by atoms with Gasteiger partial charge in [0.05, 0.1) is 11.0 Å².